The molecular formula is C18H23FN6. The van der Waals surface area contributed by atoms with Crippen LogP contribution in [-0.4, -0.2) is 39.1 Å². The normalized spacial score (nSPS) is 20.3. The average molecular weight is 342 g/mol. The molecule has 0 bridgehead atoms. The van der Waals surface area contributed by atoms with Crippen LogP contribution in [0.1, 0.15) is 56.5 Å². The zero-order valence-corrected chi connectivity index (χ0v) is 14.6. The summed E-state index contributed by atoms with van der Waals surface area (Å²) in [6.07, 6.45) is 6.57. The highest BCUT2D eigenvalue weighted by molar-refractivity contribution is 5.45. The summed E-state index contributed by atoms with van der Waals surface area (Å²) in [5.74, 6) is 2.48. The van der Waals surface area contributed by atoms with Crippen molar-refractivity contribution in [2.24, 2.45) is 0 Å². The van der Waals surface area contributed by atoms with Crippen LogP contribution in [0.3, 0.4) is 0 Å². The van der Waals surface area contributed by atoms with Crippen molar-refractivity contribution >= 4 is 11.6 Å². The highest BCUT2D eigenvalue weighted by Gasteiger charge is 2.29. The minimum atomic E-state index is -0.295. The van der Waals surface area contributed by atoms with Gasteiger partial charge in [0, 0.05) is 31.2 Å². The van der Waals surface area contributed by atoms with Gasteiger partial charge in [-0.15, -0.1) is 0 Å². The first-order chi connectivity index (χ1) is 12.1. The highest BCUT2D eigenvalue weighted by Crippen LogP contribution is 2.38. The Labute approximate surface area is 146 Å². The van der Waals surface area contributed by atoms with E-state index in [-0.39, 0.29) is 17.8 Å². The number of hydrogen-bond acceptors (Lipinski definition) is 6. The Morgan fingerprint density at radius 3 is 2.80 bits per heavy atom. The lowest BCUT2D eigenvalue weighted by Gasteiger charge is -2.20. The molecule has 1 N–H and O–H groups in total. The number of rotatable bonds is 5. The molecule has 132 valence electrons. The van der Waals surface area contributed by atoms with Gasteiger partial charge >= 0.3 is 0 Å². The predicted molar refractivity (Wildman–Crippen MR) is 94.3 cm³/mol. The summed E-state index contributed by atoms with van der Waals surface area (Å²) in [6.45, 7) is 5.35. The Morgan fingerprint density at radius 2 is 2.04 bits per heavy atom. The molecular weight excluding hydrogens is 319 g/mol. The van der Waals surface area contributed by atoms with Crippen LogP contribution in [0.15, 0.2) is 18.6 Å². The molecule has 1 atom stereocenters. The number of nitrogens with one attached hydrogen (secondary N) is 1. The van der Waals surface area contributed by atoms with Gasteiger partial charge in [0.15, 0.2) is 11.6 Å². The smallest absolute Gasteiger partial charge is 0.187 e. The first-order valence-corrected chi connectivity index (χ1v) is 8.96. The Bertz CT molecular complexity index is 761. The number of hydrogen-bond donors (Lipinski definition) is 1. The second kappa shape index (κ2) is 6.54. The van der Waals surface area contributed by atoms with Crippen molar-refractivity contribution in [3.8, 4) is 0 Å². The van der Waals surface area contributed by atoms with Gasteiger partial charge in [0.25, 0.3) is 0 Å². The van der Waals surface area contributed by atoms with E-state index in [1.165, 1.54) is 19.2 Å². The zero-order valence-electron chi connectivity index (χ0n) is 14.6. The van der Waals surface area contributed by atoms with E-state index in [0.29, 0.717) is 24.0 Å². The van der Waals surface area contributed by atoms with E-state index in [4.69, 9.17) is 0 Å². The number of halogens is 1. The largest absolute Gasteiger partial charge is 0.365 e. The van der Waals surface area contributed by atoms with Gasteiger partial charge in [-0.05, 0) is 31.2 Å². The molecule has 1 saturated carbocycles. The third-order valence-electron chi connectivity index (χ3n) is 4.80. The standard InChI is InChI=1S/C18H23FN6/c1-11(2)16-15(19)18(22-10-21-16)25-8-6-13(9-25)23-14-5-7-20-17(24-14)12-3-4-12/h5,7,10-13H,3-4,6,8-9H2,1-2H3,(H,20,23,24). The molecule has 0 amide bonds. The highest BCUT2D eigenvalue weighted by atomic mass is 19.1. The van der Waals surface area contributed by atoms with Crippen LogP contribution in [0.25, 0.3) is 0 Å². The zero-order chi connectivity index (χ0) is 17.4. The number of aromatic nitrogens is 4. The van der Waals surface area contributed by atoms with Crippen LogP contribution in [0.2, 0.25) is 0 Å². The maximum absolute atomic E-state index is 14.7. The molecule has 7 heteroatoms. The van der Waals surface area contributed by atoms with E-state index in [2.05, 4.69) is 25.3 Å². The fraction of sp³-hybridized carbons (Fsp3) is 0.556. The number of nitrogens with zero attached hydrogens (tertiary/aromatic N) is 5. The molecule has 4 rings (SSSR count). The van der Waals surface area contributed by atoms with Crippen LogP contribution in [0, 0.1) is 5.82 Å². The van der Waals surface area contributed by atoms with Crippen LogP contribution in [0.4, 0.5) is 16.0 Å². The van der Waals surface area contributed by atoms with Crippen LogP contribution < -0.4 is 10.2 Å². The first-order valence-electron chi connectivity index (χ1n) is 8.96. The average Bonchev–Trinajstić information content (AvgIpc) is 3.35. The van der Waals surface area contributed by atoms with Crippen molar-refractivity contribution in [3.63, 3.8) is 0 Å². The van der Waals surface area contributed by atoms with E-state index in [1.807, 2.05) is 31.0 Å². The maximum Gasteiger partial charge on any atom is 0.187 e. The van der Waals surface area contributed by atoms with Gasteiger partial charge in [0.1, 0.15) is 18.0 Å². The van der Waals surface area contributed by atoms with Crippen molar-refractivity contribution in [2.45, 2.75) is 51.0 Å². The van der Waals surface area contributed by atoms with E-state index < -0.39 is 0 Å². The molecule has 2 aromatic heterocycles. The topological polar surface area (TPSA) is 66.8 Å². The Kier molecular flexibility index (Phi) is 4.23. The summed E-state index contributed by atoms with van der Waals surface area (Å²) >= 11 is 0. The predicted octanol–water partition coefficient (Wildman–Crippen LogP) is 3.10. The van der Waals surface area contributed by atoms with Crippen molar-refractivity contribution < 1.29 is 4.39 Å². The molecule has 1 unspecified atom stereocenters. The fourth-order valence-corrected chi connectivity index (χ4v) is 3.27. The van der Waals surface area contributed by atoms with Gasteiger partial charge < -0.3 is 10.2 Å². The van der Waals surface area contributed by atoms with E-state index in [9.17, 15) is 4.39 Å². The molecule has 2 aliphatic rings. The Hall–Kier alpha value is -2.31. The Morgan fingerprint density at radius 1 is 1.20 bits per heavy atom. The second-order valence-electron chi connectivity index (χ2n) is 7.20. The lowest BCUT2D eigenvalue weighted by Crippen LogP contribution is -2.28. The van der Waals surface area contributed by atoms with Gasteiger partial charge in [-0.1, -0.05) is 13.8 Å². The molecule has 2 aromatic rings. The van der Waals surface area contributed by atoms with Gasteiger partial charge in [-0.25, -0.2) is 24.3 Å². The minimum absolute atomic E-state index is 0.0418. The molecule has 0 aromatic carbocycles. The van der Waals surface area contributed by atoms with E-state index >= 15 is 0 Å². The lowest BCUT2D eigenvalue weighted by molar-refractivity contribution is 0.572. The van der Waals surface area contributed by atoms with Gasteiger partial charge in [0.2, 0.25) is 0 Å². The summed E-state index contributed by atoms with van der Waals surface area (Å²) < 4.78 is 14.7. The Balaban J connectivity index is 1.45. The molecule has 0 radical (unpaired) electrons. The van der Waals surface area contributed by atoms with Gasteiger partial charge in [0.05, 0.1) is 5.69 Å². The van der Waals surface area contributed by atoms with Crippen molar-refractivity contribution in [1.82, 2.24) is 19.9 Å². The third kappa shape index (κ3) is 3.41. The molecule has 25 heavy (non-hydrogen) atoms. The molecule has 0 spiro atoms. The first kappa shape index (κ1) is 16.2. The van der Waals surface area contributed by atoms with E-state index in [1.54, 1.807) is 0 Å². The molecule has 1 aliphatic heterocycles. The molecule has 3 heterocycles. The van der Waals surface area contributed by atoms with Gasteiger partial charge in [-0.2, -0.15) is 0 Å². The van der Waals surface area contributed by atoms with Crippen LogP contribution in [-0.2, 0) is 0 Å². The SMILES string of the molecule is CC(C)c1ncnc(N2CCC(Nc3ccnc(C4CC4)n3)C2)c1F. The third-order valence-corrected chi connectivity index (χ3v) is 4.80. The monoisotopic (exact) mass is 342 g/mol. The minimum Gasteiger partial charge on any atom is -0.365 e. The summed E-state index contributed by atoms with van der Waals surface area (Å²) in [5, 5.41) is 3.46. The molecule has 1 aliphatic carbocycles. The second-order valence-corrected chi connectivity index (χ2v) is 7.20. The van der Waals surface area contributed by atoms with Crippen LogP contribution in [0.5, 0.6) is 0 Å². The number of anilines is 2. The maximum atomic E-state index is 14.7. The summed E-state index contributed by atoms with van der Waals surface area (Å²) in [5.41, 5.74) is 0.478. The summed E-state index contributed by atoms with van der Waals surface area (Å²) in [4.78, 5) is 19.2. The summed E-state index contributed by atoms with van der Waals surface area (Å²) in [7, 11) is 0. The van der Waals surface area contributed by atoms with Gasteiger partial charge in [-0.3, -0.25) is 0 Å². The van der Waals surface area contributed by atoms with Crippen molar-refractivity contribution in [2.75, 3.05) is 23.3 Å². The quantitative estimate of drug-likeness (QED) is 0.901. The van der Waals surface area contributed by atoms with Crippen molar-refractivity contribution in [3.05, 3.63) is 35.9 Å². The molecule has 1 saturated heterocycles. The van der Waals surface area contributed by atoms with E-state index in [0.717, 1.165) is 24.6 Å². The lowest BCUT2D eigenvalue weighted by atomic mass is 10.1. The van der Waals surface area contributed by atoms with Crippen LogP contribution >= 0.6 is 0 Å². The molecule has 2 fully saturated rings. The van der Waals surface area contributed by atoms with Crippen molar-refractivity contribution in [1.29, 1.82) is 0 Å². The molecule has 6 nitrogen and oxygen atoms in total. The fourth-order valence-electron chi connectivity index (χ4n) is 3.27. The summed E-state index contributed by atoms with van der Waals surface area (Å²) in [6, 6.07) is 2.12.